The first kappa shape index (κ1) is 14.0. The zero-order valence-corrected chi connectivity index (χ0v) is 11.9. The van der Waals surface area contributed by atoms with Gasteiger partial charge in [0.25, 0.3) is 0 Å². The molecule has 0 spiro atoms. The van der Waals surface area contributed by atoms with E-state index >= 15 is 0 Å². The molecule has 20 heavy (non-hydrogen) atoms. The largest absolute Gasteiger partial charge is 0.392 e. The summed E-state index contributed by atoms with van der Waals surface area (Å²) in [6.45, 7) is 0.582. The third-order valence-electron chi connectivity index (χ3n) is 4.45. The van der Waals surface area contributed by atoms with Crippen molar-refractivity contribution in [2.75, 3.05) is 13.7 Å². The average Bonchev–Trinajstić information content (AvgIpc) is 3.10. The number of nitrogens with one attached hydrogen (secondary N) is 1. The monoisotopic (exact) mass is 281 g/mol. The summed E-state index contributed by atoms with van der Waals surface area (Å²) >= 11 is 0. The van der Waals surface area contributed by atoms with Gasteiger partial charge in [-0.2, -0.15) is 4.98 Å². The van der Waals surface area contributed by atoms with Crippen LogP contribution in [0.15, 0.2) is 4.52 Å². The Kier molecular flexibility index (Phi) is 4.33. The number of ether oxygens (including phenoxy) is 1. The number of hydrogen-bond acceptors (Lipinski definition) is 6. The highest BCUT2D eigenvalue weighted by atomic mass is 16.5. The van der Waals surface area contributed by atoms with Gasteiger partial charge in [0, 0.05) is 13.7 Å². The molecule has 6 nitrogen and oxygen atoms in total. The quantitative estimate of drug-likeness (QED) is 0.875. The van der Waals surface area contributed by atoms with Crippen molar-refractivity contribution in [2.24, 2.45) is 5.92 Å². The van der Waals surface area contributed by atoms with Gasteiger partial charge in [0.15, 0.2) is 0 Å². The van der Waals surface area contributed by atoms with Crippen LogP contribution in [-0.4, -0.2) is 35.0 Å². The highest BCUT2D eigenvalue weighted by molar-refractivity contribution is 5.00. The van der Waals surface area contributed by atoms with Crippen LogP contribution in [0.5, 0.6) is 0 Å². The highest BCUT2D eigenvalue weighted by Crippen LogP contribution is 2.35. The summed E-state index contributed by atoms with van der Waals surface area (Å²) in [5, 5.41) is 16.8. The van der Waals surface area contributed by atoms with Gasteiger partial charge < -0.3 is 19.7 Å². The van der Waals surface area contributed by atoms with E-state index in [1.165, 1.54) is 32.1 Å². The van der Waals surface area contributed by atoms with Gasteiger partial charge in [0.1, 0.15) is 6.10 Å². The normalized spacial score (nSPS) is 29.7. The van der Waals surface area contributed by atoms with Crippen molar-refractivity contribution in [1.29, 1.82) is 0 Å². The van der Waals surface area contributed by atoms with E-state index in [0.29, 0.717) is 30.6 Å². The Bertz CT molecular complexity index is 431. The first-order valence-electron chi connectivity index (χ1n) is 7.55. The SMILES string of the molecule is COC(c1noc([C@H]2C[C@@H](O)CN2)n1)C1CCCCC1. The van der Waals surface area contributed by atoms with Crippen LogP contribution in [0.25, 0.3) is 0 Å². The van der Waals surface area contributed by atoms with Crippen LogP contribution >= 0.6 is 0 Å². The van der Waals surface area contributed by atoms with Crippen LogP contribution in [0.4, 0.5) is 0 Å². The molecule has 1 saturated heterocycles. The maximum atomic E-state index is 9.55. The smallest absolute Gasteiger partial charge is 0.243 e. The maximum absolute atomic E-state index is 9.55. The number of aliphatic hydroxyl groups is 1. The lowest BCUT2D eigenvalue weighted by molar-refractivity contribution is 0.0273. The van der Waals surface area contributed by atoms with E-state index in [-0.39, 0.29) is 18.2 Å². The number of aromatic nitrogens is 2. The van der Waals surface area contributed by atoms with Gasteiger partial charge in [-0.25, -0.2) is 0 Å². The molecule has 1 aromatic heterocycles. The Labute approximate surface area is 118 Å². The summed E-state index contributed by atoms with van der Waals surface area (Å²) in [5.41, 5.74) is 0. The van der Waals surface area contributed by atoms with E-state index in [0.717, 1.165) is 0 Å². The summed E-state index contributed by atoms with van der Waals surface area (Å²) in [7, 11) is 1.72. The zero-order chi connectivity index (χ0) is 13.9. The van der Waals surface area contributed by atoms with Crippen LogP contribution in [0.2, 0.25) is 0 Å². The van der Waals surface area contributed by atoms with Crippen molar-refractivity contribution < 1.29 is 14.4 Å². The summed E-state index contributed by atoms with van der Waals surface area (Å²) < 4.78 is 11.0. The van der Waals surface area contributed by atoms with E-state index in [1.807, 2.05) is 0 Å². The minimum Gasteiger partial charge on any atom is -0.392 e. The number of nitrogens with zero attached hydrogens (tertiary/aromatic N) is 2. The second-order valence-electron chi connectivity index (χ2n) is 5.90. The van der Waals surface area contributed by atoms with Gasteiger partial charge in [0.05, 0.1) is 12.1 Å². The molecule has 0 bridgehead atoms. The lowest BCUT2D eigenvalue weighted by atomic mass is 9.85. The molecule has 1 unspecified atom stereocenters. The van der Waals surface area contributed by atoms with Crippen LogP contribution in [0.3, 0.4) is 0 Å². The van der Waals surface area contributed by atoms with Crippen LogP contribution < -0.4 is 5.32 Å². The molecule has 2 heterocycles. The third-order valence-corrected chi connectivity index (χ3v) is 4.45. The molecule has 0 amide bonds. The Balaban J connectivity index is 1.70. The predicted octanol–water partition coefficient (Wildman–Crippen LogP) is 1.73. The van der Waals surface area contributed by atoms with Crippen molar-refractivity contribution in [3.05, 3.63) is 11.7 Å². The van der Waals surface area contributed by atoms with Crippen molar-refractivity contribution in [2.45, 2.75) is 56.8 Å². The second-order valence-corrected chi connectivity index (χ2v) is 5.90. The Hall–Kier alpha value is -0.980. The van der Waals surface area contributed by atoms with E-state index in [2.05, 4.69) is 15.5 Å². The number of aliphatic hydroxyl groups excluding tert-OH is 1. The fourth-order valence-electron chi connectivity index (χ4n) is 3.36. The van der Waals surface area contributed by atoms with Crippen molar-refractivity contribution in [3.8, 4) is 0 Å². The molecular weight excluding hydrogens is 258 g/mol. The molecular formula is C14H23N3O3. The number of rotatable bonds is 4. The molecule has 3 atom stereocenters. The lowest BCUT2D eigenvalue weighted by Gasteiger charge is -2.26. The molecule has 2 aliphatic rings. The second kappa shape index (κ2) is 6.20. The van der Waals surface area contributed by atoms with Crippen molar-refractivity contribution >= 4 is 0 Å². The molecule has 1 aromatic rings. The summed E-state index contributed by atoms with van der Waals surface area (Å²) in [6, 6.07) is -0.0323. The summed E-state index contributed by atoms with van der Waals surface area (Å²) in [4.78, 5) is 4.50. The molecule has 1 saturated carbocycles. The molecule has 1 aliphatic heterocycles. The van der Waals surface area contributed by atoms with Crippen LogP contribution in [-0.2, 0) is 4.74 Å². The highest BCUT2D eigenvalue weighted by Gasteiger charge is 2.32. The van der Waals surface area contributed by atoms with Gasteiger partial charge in [-0.05, 0) is 25.2 Å². The van der Waals surface area contributed by atoms with Gasteiger partial charge >= 0.3 is 0 Å². The lowest BCUT2D eigenvalue weighted by Crippen LogP contribution is -2.19. The maximum Gasteiger partial charge on any atom is 0.243 e. The first-order valence-corrected chi connectivity index (χ1v) is 7.55. The fourth-order valence-corrected chi connectivity index (χ4v) is 3.36. The molecule has 6 heteroatoms. The zero-order valence-electron chi connectivity index (χ0n) is 11.9. The van der Waals surface area contributed by atoms with Gasteiger partial charge in [-0.15, -0.1) is 0 Å². The van der Waals surface area contributed by atoms with E-state index in [1.54, 1.807) is 7.11 Å². The molecule has 2 N–H and O–H groups in total. The number of hydrogen-bond donors (Lipinski definition) is 2. The van der Waals surface area contributed by atoms with Gasteiger partial charge in [0.2, 0.25) is 11.7 Å². The standard InChI is InChI=1S/C14H23N3O3/c1-19-12(9-5-3-2-4-6-9)13-16-14(20-17-13)11-7-10(18)8-15-11/h9-12,15,18H,2-8H2,1H3/t10-,11-,12?/m1/s1. The predicted molar refractivity (Wildman–Crippen MR) is 72.0 cm³/mol. The van der Waals surface area contributed by atoms with Gasteiger partial charge in [-0.1, -0.05) is 24.4 Å². The Morgan fingerprint density at radius 1 is 1.35 bits per heavy atom. The topological polar surface area (TPSA) is 80.4 Å². The fraction of sp³-hybridized carbons (Fsp3) is 0.857. The summed E-state index contributed by atoms with van der Waals surface area (Å²) in [6.07, 6.45) is 6.39. The van der Waals surface area contributed by atoms with E-state index in [9.17, 15) is 5.11 Å². The van der Waals surface area contributed by atoms with Crippen molar-refractivity contribution in [3.63, 3.8) is 0 Å². The van der Waals surface area contributed by atoms with E-state index < -0.39 is 0 Å². The molecule has 0 radical (unpaired) electrons. The average molecular weight is 281 g/mol. The molecule has 2 fully saturated rings. The van der Waals surface area contributed by atoms with Crippen LogP contribution in [0, 0.1) is 5.92 Å². The third kappa shape index (κ3) is 2.87. The minimum atomic E-state index is -0.327. The molecule has 0 aromatic carbocycles. The Morgan fingerprint density at radius 3 is 2.80 bits per heavy atom. The van der Waals surface area contributed by atoms with E-state index in [4.69, 9.17) is 9.26 Å². The van der Waals surface area contributed by atoms with Gasteiger partial charge in [-0.3, -0.25) is 0 Å². The minimum absolute atomic E-state index is 0.0323. The molecule has 112 valence electrons. The Morgan fingerprint density at radius 2 is 2.15 bits per heavy atom. The summed E-state index contributed by atoms with van der Waals surface area (Å²) in [5.74, 6) is 1.70. The van der Waals surface area contributed by atoms with Crippen LogP contribution in [0.1, 0.15) is 62.4 Å². The number of β-amino-alcohol motifs (C(OH)–C–C–N with tert-alkyl or cyclic N) is 1. The van der Waals surface area contributed by atoms with Crippen molar-refractivity contribution in [1.82, 2.24) is 15.5 Å². The molecule has 3 rings (SSSR count). The first-order chi connectivity index (χ1) is 9.78. The molecule has 1 aliphatic carbocycles. The number of methoxy groups -OCH3 is 1.